The largest absolute Gasteiger partial charge is 0.369 e. The number of fused-ring (bicyclic) bond motifs is 1. The van der Waals surface area contributed by atoms with Crippen molar-refractivity contribution in [2.45, 2.75) is 63.1 Å². The van der Waals surface area contributed by atoms with E-state index in [9.17, 15) is 5.26 Å². The molecule has 0 unspecified atom stereocenters. The summed E-state index contributed by atoms with van der Waals surface area (Å²) in [5.41, 5.74) is 1.89. The van der Waals surface area contributed by atoms with Crippen LogP contribution in [0.5, 0.6) is 0 Å². The highest BCUT2D eigenvalue weighted by molar-refractivity contribution is 5.25. The molecule has 4 nitrogen and oxygen atoms in total. The predicted octanol–water partition coefficient (Wildman–Crippen LogP) is 4.83. The van der Waals surface area contributed by atoms with Gasteiger partial charge in [0.1, 0.15) is 11.8 Å². The lowest BCUT2D eigenvalue weighted by Gasteiger charge is -2.48. The lowest BCUT2D eigenvalue weighted by atomic mass is 9.81. The van der Waals surface area contributed by atoms with Crippen molar-refractivity contribution in [1.82, 2.24) is 4.90 Å². The Bertz CT molecular complexity index is 804. The van der Waals surface area contributed by atoms with Gasteiger partial charge in [-0.05, 0) is 30.4 Å². The van der Waals surface area contributed by atoms with Gasteiger partial charge in [0.25, 0.3) is 0 Å². The van der Waals surface area contributed by atoms with Crippen LogP contribution >= 0.6 is 0 Å². The highest BCUT2D eigenvalue weighted by Gasteiger charge is 2.54. The Morgan fingerprint density at radius 1 is 1.14 bits per heavy atom. The average Bonchev–Trinajstić information content (AvgIpc) is 3.21. The van der Waals surface area contributed by atoms with E-state index in [-0.39, 0.29) is 18.4 Å². The quantitative estimate of drug-likeness (QED) is 0.724. The molecule has 0 aromatic heterocycles. The van der Waals surface area contributed by atoms with Crippen LogP contribution in [0.1, 0.15) is 49.8 Å². The average molecular weight is 377 g/mol. The number of benzene rings is 2. The predicted molar refractivity (Wildman–Crippen MR) is 108 cm³/mol. The molecular weight excluding hydrogens is 348 g/mol. The molecule has 2 fully saturated rings. The van der Waals surface area contributed by atoms with Gasteiger partial charge < -0.3 is 9.47 Å². The fourth-order valence-corrected chi connectivity index (χ4v) is 4.72. The SMILES string of the molecule is CCC[C@@]1(C#N)CC[C@H](OCc2ccccc2)[C@H]2OC[C@@H](c3ccccc3)N21. The number of nitrogens with zero attached hydrogens (tertiary/aromatic N) is 2. The van der Waals surface area contributed by atoms with Crippen LogP contribution in [-0.4, -0.2) is 29.4 Å². The van der Waals surface area contributed by atoms with Gasteiger partial charge in [0, 0.05) is 0 Å². The zero-order valence-corrected chi connectivity index (χ0v) is 16.5. The second-order valence-corrected chi connectivity index (χ2v) is 7.82. The molecule has 0 spiro atoms. The maximum Gasteiger partial charge on any atom is 0.139 e. The van der Waals surface area contributed by atoms with Crippen molar-refractivity contribution >= 4 is 0 Å². The molecule has 146 valence electrons. The van der Waals surface area contributed by atoms with Crippen LogP contribution in [0.4, 0.5) is 0 Å². The number of ether oxygens (including phenoxy) is 2. The summed E-state index contributed by atoms with van der Waals surface area (Å²) < 4.78 is 12.6. The molecule has 0 aliphatic carbocycles. The van der Waals surface area contributed by atoms with Gasteiger partial charge in [-0.25, -0.2) is 4.90 Å². The van der Waals surface area contributed by atoms with E-state index in [0.717, 1.165) is 31.2 Å². The van der Waals surface area contributed by atoms with E-state index in [1.54, 1.807) is 0 Å². The number of rotatable bonds is 6. The zero-order valence-electron chi connectivity index (χ0n) is 16.5. The molecule has 0 saturated carbocycles. The summed E-state index contributed by atoms with van der Waals surface area (Å²) in [4.78, 5) is 2.32. The van der Waals surface area contributed by atoms with Gasteiger partial charge in [0.2, 0.25) is 0 Å². The number of piperidine rings is 1. The Kier molecular flexibility index (Phi) is 5.77. The van der Waals surface area contributed by atoms with E-state index in [2.05, 4.69) is 54.3 Å². The summed E-state index contributed by atoms with van der Waals surface area (Å²) in [6, 6.07) is 23.4. The van der Waals surface area contributed by atoms with Crippen molar-refractivity contribution in [3.05, 3.63) is 71.8 Å². The lowest BCUT2D eigenvalue weighted by Crippen LogP contribution is -2.59. The molecule has 2 aliphatic heterocycles. The van der Waals surface area contributed by atoms with Gasteiger partial charge in [-0.15, -0.1) is 0 Å². The lowest BCUT2D eigenvalue weighted by molar-refractivity contribution is -0.154. The molecule has 28 heavy (non-hydrogen) atoms. The van der Waals surface area contributed by atoms with E-state index >= 15 is 0 Å². The van der Waals surface area contributed by atoms with Crippen molar-refractivity contribution in [1.29, 1.82) is 5.26 Å². The third-order valence-electron chi connectivity index (χ3n) is 6.05. The van der Waals surface area contributed by atoms with Gasteiger partial charge in [-0.3, -0.25) is 0 Å². The fraction of sp³-hybridized carbons (Fsp3) is 0.458. The summed E-state index contributed by atoms with van der Waals surface area (Å²) in [6.45, 7) is 3.33. The summed E-state index contributed by atoms with van der Waals surface area (Å²) >= 11 is 0. The summed E-state index contributed by atoms with van der Waals surface area (Å²) in [6.07, 6.45) is 3.32. The van der Waals surface area contributed by atoms with Crippen molar-refractivity contribution < 1.29 is 9.47 Å². The first-order chi connectivity index (χ1) is 13.8. The van der Waals surface area contributed by atoms with Crippen LogP contribution < -0.4 is 0 Å². The standard InChI is InChI=1S/C24H28N2O2/c1-2-14-24(18-25)15-13-22(27-16-19-9-5-3-6-10-19)23-26(24)21(17-28-23)20-11-7-4-8-12-20/h3-12,21-23H,2,13-17H2,1H3/t21-,22-,23+,24-/m0/s1. The molecule has 0 amide bonds. The molecule has 4 rings (SSSR count). The normalized spacial score (nSPS) is 29.9. The topological polar surface area (TPSA) is 45.5 Å². The minimum atomic E-state index is -0.483. The number of hydrogen-bond donors (Lipinski definition) is 0. The second-order valence-electron chi connectivity index (χ2n) is 7.82. The minimum Gasteiger partial charge on any atom is -0.369 e. The monoisotopic (exact) mass is 376 g/mol. The van der Waals surface area contributed by atoms with E-state index in [0.29, 0.717) is 13.2 Å². The summed E-state index contributed by atoms with van der Waals surface area (Å²) in [7, 11) is 0. The summed E-state index contributed by atoms with van der Waals surface area (Å²) in [5.74, 6) is 0. The molecule has 2 aromatic carbocycles. The van der Waals surface area contributed by atoms with Crippen LogP contribution in [-0.2, 0) is 16.1 Å². The van der Waals surface area contributed by atoms with E-state index in [4.69, 9.17) is 9.47 Å². The van der Waals surface area contributed by atoms with Crippen molar-refractivity contribution in [3.8, 4) is 6.07 Å². The first kappa shape index (κ1) is 19.1. The molecule has 0 radical (unpaired) electrons. The van der Waals surface area contributed by atoms with Crippen molar-refractivity contribution in [2.24, 2.45) is 0 Å². The molecular formula is C24H28N2O2. The molecule has 2 heterocycles. The molecule has 4 atom stereocenters. The minimum absolute atomic E-state index is 0.0211. The van der Waals surface area contributed by atoms with Gasteiger partial charge in [0.15, 0.2) is 0 Å². The van der Waals surface area contributed by atoms with Crippen molar-refractivity contribution in [2.75, 3.05) is 6.61 Å². The van der Waals surface area contributed by atoms with Crippen LogP contribution in [0.25, 0.3) is 0 Å². The van der Waals surface area contributed by atoms with Crippen LogP contribution in [0.2, 0.25) is 0 Å². The molecule has 2 aliphatic rings. The fourth-order valence-electron chi connectivity index (χ4n) is 4.72. The van der Waals surface area contributed by atoms with E-state index in [1.807, 2.05) is 24.3 Å². The molecule has 2 saturated heterocycles. The highest BCUT2D eigenvalue weighted by atomic mass is 16.6. The number of nitriles is 1. The van der Waals surface area contributed by atoms with Crippen molar-refractivity contribution in [3.63, 3.8) is 0 Å². The first-order valence-corrected chi connectivity index (χ1v) is 10.3. The van der Waals surface area contributed by atoms with Gasteiger partial charge >= 0.3 is 0 Å². The zero-order chi connectivity index (χ0) is 19.4. The summed E-state index contributed by atoms with van der Waals surface area (Å²) in [5, 5.41) is 10.2. The third-order valence-corrected chi connectivity index (χ3v) is 6.05. The van der Waals surface area contributed by atoms with Crippen LogP contribution in [0, 0.1) is 11.3 Å². The Morgan fingerprint density at radius 3 is 2.54 bits per heavy atom. The van der Waals surface area contributed by atoms with Crippen LogP contribution in [0.3, 0.4) is 0 Å². The highest BCUT2D eigenvalue weighted by Crippen LogP contribution is 2.46. The first-order valence-electron chi connectivity index (χ1n) is 10.3. The van der Waals surface area contributed by atoms with Gasteiger partial charge in [-0.2, -0.15) is 5.26 Å². The van der Waals surface area contributed by atoms with Crippen LogP contribution in [0.15, 0.2) is 60.7 Å². The Hall–Kier alpha value is -2.19. The third kappa shape index (κ3) is 3.58. The maximum atomic E-state index is 10.2. The maximum absolute atomic E-state index is 10.2. The van der Waals surface area contributed by atoms with Gasteiger partial charge in [-0.1, -0.05) is 74.0 Å². The second kappa shape index (κ2) is 8.45. The molecule has 0 N–H and O–H groups in total. The Morgan fingerprint density at radius 2 is 1.86 bits per heavy atom. The van der Waals surface area contributed by atoms with E-state index < -0.39 is 5.54 Å². The van der Waals surface area contributed by atoms with Gasteiger partial charge in [0.05, 0.1) is 31.4 Å². The Labute approximate surface area is 167 Å². The Balaban J connectivity index is 1.59. The van der Waals surface area contributed by atoms with E-state index in [1.165, 1.54) is 5.56 Å². The molecule has 4 heteroatoms. The molecule has 2 aromatic rings. The molecule has 0 bridgehead atoms. The smallest absolute Gasteiger partial charge is 0.139 e. The number of hydrogen-bond acceptors (Lipinski definition) is 4.